The van der Waals surface area contributed by atoms with Crippen molar-refractivity contribution in [3.05, 3.63) is 64.8 Å². The smallest absolute Gasteiger partial charge is 0.260 e. The van der Waals surface area contributed by atoms with E-state index in [4.69, 9.17) is 0 Å². The molecule has 3 rings (SSSR count). The van der Waals surface area contributed by atoms with Crippen molar-refractivity contribution in [3.63, 3.8) is 0 Å². The van der Waals surface area contributed by atoms with Crippen molar-refractivity contribution >= 4 is 38.4 Å². The molecule has 0 aliphatic heterocycles. The summed E-state index contributed by atoms with van der Waals surface area (Å²) in [5.74, 6) is 0.00606. The van der Waals surface area contributed by atoms with Gasteiger partial charge in [0, 0.05) is 16.1 Å². The van der Waals surface area contributed by atoms with Gasteiger partial charge in [-0.05, 0) is 39.5 Å². The molecule has 1 heterocycles. The summed E-state index contributed by atoms with van der Waals surface area (Å²) in [5.41, 5.74) is 0.221. The zero-order valence-electron chi connectivity index (χ0n) is 10.9. The highest BCUT2D eigenvalue weighted by Crippen LogP contribution is 2.29. The molecule has 0 bridgehead atoms. The molecule has 1 aromatic heterocycles. The standard InChI is InChI=1S/C16H11BrN2O2/c17-11-6-8-14(18-9-11)19-16(21)13-7-5-10-3-1-2-4-12(10)15(13)20/h1-9,20H,(H,18,19,21). The summed E-state index contributed by atoms with van der Waals surface area (Å²) < 4.78 is 0.828. The van der Waals surface area contributed by atoms with Crippen LogP contribution in [0.3, 0.4) is 0 Å². The molecule has 0 spiro atoms. The predicted octanol–water partition coefficient (Wildman–Crippen LogP) is 3.96. The number of fused-ring (bicyclic) bond motifs is 1. The number of hydrogen-bond acceptors (Lipinski definition) is 3. The lowest BCUT2D eigenvalue weighted by molar-refractivity contribution is 0.102. The summed E-state index contributed by atoms with van der Waals surface area (Å²) in [7, 11) is 0. The molecule has 0 fully saturated rings. The average Bonchev–Trinajstić information content (AvgIpc) is 2.50. The van der Waals surface area contributed by atoms with E-state index >= 15 is 0 Å². The SMILES string of the molecule is O=C(Nc1ccc(Br)cn1)c1ccc2ccccc2c1O. The van der Waals surface area contributed by atoms with Crippen LogP contribution in [0.1, 0.15) is 10.4 Å². The quantitative estimate of drug-likeness (QED) is 0.741. The van der Waals surface area contributed by atoms with Crippen LogP contribution in [-0.4, -0.2) is 16.0 Å². The number of anilines is 1. The van der Waals surface area contributed by atoms with E-state index in [1.54, 1.807) is 36.5 Å². The molecule has 2 aromatic carbocycles. The summed E-state index contributed by atoms with van der Waals surface area (Å²) >= 11 is 3.28. The summed E-state index contributed by atoms with van der Waals surface area (Å²) in [6, 6.07) is 14.2. The maximum Gasteiger partial charge on any atom is 0.260 e. The Labute approximate surface area is 129 Å². The van der Waals surface area contributed by atoms with E-state index in [1.165, 1.54) is 0 Å². The molecule has 2 N–H and O–H groups in total. The Balaban J connectivity index is 1.94. The van der Waals surface area contributed by atoms with Crippen LogP contribution < -0.4 is 5.32 Å². The van der Waals surface area contributed by atoms with E-state index in [2.05, 4.69) is 26.2 Å². The van der Waals surface area contributed by atoms with Crippen LogP contribution in [0.5, 0.6) is 5.75 Å². The Morgan fingerprint density at radius 2 is 1.90 bits per heavy atom. The number of benzene rings is 2. The van der Waals surface area contributed by atoms with E-state index in [0.717, 1.165) is 9.86 Å². The number of aromatic hydroxyl groups is 1. The first-order chi connectivity index (χ1) is 10.1. The van der Waals surface area contributed by atoms with Gasteiger partial charge in [0.05, 0.1) is 5.56 Å². The van der Waals surface area contributed by atoms with Gasteiger partial charge in [-0.3, -0.25) is 4.79 Å². The van der Waals surface area contributed by atoms with Crippen LogP contribution in [0.4, 0.5) is 5.82 Å². The monoisotopic (exact) mass is 342 g/mol. The fourth-order valence-electron chi connectivity index (χ4n) is 2.07. The Hall–Kier alpha value is -2.40. The number of hydrogen-bond donors (Lipinski definition) is 2. The molecule has 4 nitrogen and oxygen atoms in total. The van der Waals surface area contributed by atoms with Crippen LogP contribution in [0.25, 0.3) is 10.8 Å². The minimum Gasteiger partial charge on any atom is -0.506 e. The minimum atomic E-state index is -0.395. The average molecular weight is 343 g/mol. The van der Waals surface area contributed by atoms with Crippen molar-refractivity contribution in [1.29, 1.82) is 0 Å². The molecule has 5 heteroatoms. The second-order valence-electron chi connectivity index (χ2n) is 4.50. The molecule has 3 aromatic rings. The normalized spacial score (nSPS) is 10.5. The first kappa shape index (κ1) is 13.6. The molecule has 0 aliphatic rings. The van der Waals surface area contributed by atoms with Crippen LogP contribution in [0, 0.1) is 0 Å². The number of halogens is 1. The Kier molecular flexibility index (Phi) is 3.58. The number of aromatic nitrogens is 1. The molecule has 1 amide bonds. The fraction of sp³-hybridized carbons (Fsp3) is 0. The first-order valence-corrected chi connectivity index (χ1v) is 7.08. The van der Waals surface area contributed by atoms with Crippen LogP contribution >= 0.6 is 15.9 Å². The lowest BCUT2D eigenvalue weighted by Crippen LogP contribution is -2.13. The first-order valence-electron chi connectivity index (χ1n) is 6.29. The van der Waals surface area contributed by atoms with Crippen molar-refractivity contribution in [3.8, 4) is 5.75 Å². The van der Waals surface area contributed by atoms with Gasteiger partial charge in [0.15, 0.2) is 0 Å². The minimum absolute atomic E-state index is 0.0253. The third-order valence-electron chi connectivity index (χ3n) is 3.11. The van der Waals surface area contributed by atoms with Gasteiger partial charge in [-0.25, -0.2) is 4.98 Å². The Morgan fingerprint density at radius 1 is 1.10 bits per heavy atom. The van der Waals surface area contributed by atoms with Crippen molar-refractivity contribution in [1.82, 2.24) is 4.98 Å². The number of pyridine rings is 1. The highest BCUT2D eigenvalue weighted by Gasteiger charge is 2.14. The highest BCUT2D eigenvalue weighted by atomic mass is 79.9. The molecule has 0 saturated heterocycles. The second-order valence-corrected chi connectivity index (χ2v) is 5.41. The highest BCUT2D eigenvalue weighted by molar-refractivity contribution is 9.10. The number of amides is 1. The van der Waals surface area contributed by atoms with E-state index < -0.39 is 5.91 Å². The Bertz CT molecular complexity index is 816. The molecular weight excluding hydrogens is 332 g/mol. The third-order valence-corrected chi connectivity index (χ3v) is 3.58. The van der Waals surface area contributed by atoms with Crippen molar-refractivity contribution in [2.75, 3.05) is 5.32 Å². The van der Waals surface area contributed by atoms with Crippen LogP contribution in [-0.2, 0) is 0 Å². The van der Waals surface area contributed by atoms with Gasteiger partial charge in [-0.15, -0.1) is 0 Å². The molecule has 0 saturated carbocycles. The van der Waals surface area contributed by atoms with Gasteiger partial charge in [-0.1, -0.05) is 30.3 Å². The van der Waals surface area contributed by atoms with Gasteiger partial charge in [0.25, 0.3) is 5.91 Å². The number of nitrogens with zero attached hydrogens (tertiary/aromatic N) is 1. The van der Waals surface area contributed by atoms with Gasteiger partial charge in [0.2, 0.25) is 0 Å². The van der Waals surface area contributed by atoms with Crippen LogP contribution in [0.15, 0.2) is 59.2 Å². The number of rotatable bonds is 2. The lowest BCUT2D eigenvalue weighted by atomic mass is 10.0. The maximum atomic E-state index is 12.2. The van der Waals surface area contributed by atoms with Crippen molar-refractivity contribution in [2.45, 2.75) is 0 Å². The molecule has 104 valence electrons. The number of carbonyl (C=O) groups is 1. The van der Waals surface area contributed by atoms with E-state index in [-0.39, 0.29) is 11.3 Å². The topological polar surface area (TPSA) is 62.2 Å². The zero-order valence-corrected chi connectivity index (χ0v) is 12.5. The third kappa shape index (κ3) is 2.73. The lowest BCUT2D eigenvalue weighted by Gasteiger charge is -2.08. The van der Waals surface area contributed by atoms with Crippen LogP contribution in [0.2, 0.25) is 0 Å². The predicted molar refractivity (Wildman–Crippen MR) is 85.5 cm³/mol. The van der Waals surface area contributed by atoms with Crippen molar-refractivity contribution in [2.24, 2.45) is 0 Å². The number of phenols is 1. The molecule has 0 atom stereocenters. The second kappa shape index (κ2) is 5.54. The van der Waals surface area contributed by atoms with Gasteiger partial charge < -0.3 is 10.4 Å². The molecule has 0 radical (unpaired) electrons. The Morgan fingerprint density at radius 3 is 2.67 bits per heavy atom. The van der Waals surface area contributed by atoms with Crippen molar-refractivity contribution < 1.29 is 9.90 Å². The summed E-state index contributed by atoms with van der Waals surface area (Å²) in [6.07, 6.45) is 1.59. The molecule has 0 unspecified atom stereocenters. The van der Waals surface area contributed by atoms with Gasteiger partial charge >= 0.3 is 0 Å². The molecular formula is C16H11BrN2O2. The zero-order chi connectivity index (χ0) is 14.8. The van der Waals surface area contributed by atoms with E-state index in [0.29, 0.717) is 11.2 Å². The molecule has 0 aliphatic carbocycles. The largest absolute Gasteiger partial charge is 0.506 e. The summed E-state index contributed by atoms with van der Waals surface area (Å²) in [6.45, 7) is 0. The summed E-state index contributed by atoms with van der Waals surface area (Å²) in [4.78, 5) is 16.3. The van der Waals surface area contributed by atoms with E-state index in [1.807, 2.05) is 18.2 Å². The number of phenolic OH excluding ortho intramolecular Hbond substituents is 1. The summed E-state index contributed by atoms with van der Waals surface area (Å²) in [5, 5.41) is 14.4. The van der Waals surface area contributed by atoms with Gasteiger partial charge in [0.1, 0.15) is 11.6 Å². The van der Waals surface area contributed by atoms with Gasteiger partial charge in [-0.2, -0.15) is 0 Å². The fourth-order valence-corrected chi connectivity index (χ4v) is 2.31. The number of nitrogens with one attached hydrogen (secondary N) is 1. The maximum absolute atomic E-state index is 12.2. The number of carbonyl (C=O) groups excluding carboxylic acids is 1. The van der Waals surface area contributed by atoms with E-state index in [9.17, 15) is 9.90 Å². The molecule has 21 heavy (non-hydrogen) atoms.